The van der Waals surface area contributed by atoms with E-state index in [1.807, 2.05) is 43.9 Å². The number of benzene rings is 2. The second-order valence-electron chi connectivity index (χ2n) is 14.7. The van der Waals surface area contributed by atoms with E-state index in [1.165, 1.54) is 6.07 Å². The average molecular weight is 786 g/mol. The Bertz CT molecular complexity index is 1950. The molecule has 0 bridgehead atoms. The topological polar surface area (TPSA) is 107 Å². The molecule has 10 nitrogen and oxygen atoms in total. The Morgan fingerprint density at radius 1 is 1.04 bits per heavy atom. The molecule has 2 amide bonds. The zero-order chi connectivity index (χ0) is 38.6. The van der Waals surface area contributed by atoms with Crippen LogP contribution in [0.15, 0.2) is 59.3 Å². The molecule has 0 N–H and O–H groups in total. The van der Waals surface area contributed by atoms with Crippen molar-refractivity contribution in [2.75, 3.05) is 26.8 Å². The van der Waals surface area contributed by atoms with Crippen molar-refractivity contribution in [2.45, 2.75) is 83.6 Å². The third-order valence-corrected chi connectivity index (χ3v) is 10.2. The van der Waals surface area contributed by atoms with Gasteiger partial charge in [-0.25, -0.2) is 13.6 Å². The first-order valence-corrected chi connectivity index (χ1v) is 18.8. The second kappa shape index (κ2) is 17.0. The van der Waals surface area contributed by atoms with Gasteiger partial charge in [-0.3, -0.25) is 9.78 Å². The first-order valence-electron chi connectivity index (χ1n) is 18.0. The number of hydrogen-bond donors (Lipinski definition) is 0. The fourth-order valence-corrected chi connectivity index (χ4v) is 7.09. The fraction of sp³-hybridized carbons (Fsp3) is 0.450. The molecule has 54 heavy (non-hydrogen) atoms. The summed E-state index contributed by atoms with van der Waals surface area (Å²) in [6.45, 7) is 7.02. The van der Waals surface area contributed by atoms with Gasteiger partial charge >= 0.3 is 6.09 Å². The molecule has 14 heteroatoms. The van der Waals surface area contributed by atoms with E-state index < -0.39 is 29.2 Å². The highest BCUT2D eigenvalue weighted by atomic mass is 35.5. The number of carbonyl (C=O) groups excluding carboxylic acids is 2. The number of nitrogens with zero attached hydrogens (tertiary/aromatic N) is 4. The number of pyridine rings is 1. The van der Waals surface area contributed by atoms with Crippen molar-refractivity contribution in [3.63, 3.8) is 0 Å². The van der Waals surface area contributed by atoms with Gasteiger partial charge in [-0.1, -0.05) is 40.5 Å². The van der Waals surface area contributed by atoms with Crippen molar-refractivity contribution in [1.29, 1.82) is 0 Å². The van der Waals surface area contributed by atoms with Crippen LogP contribution in [-0.2, 0) is 33.8 Å². The molecule has 2 unspecified atom stereocenters. The first-order chi connectivity index (χ1) is 25.8. The van der Waals surface area contributed by atoms with Crippen molar-refractivity contribution in [2.24, 2.45) is 5.92 Å². The highest BCUT2D eigenvalue weighted by Crippen LogP contribution is 2.39. The SMILES string of the molecule is COCCCc1cc(CN(C(=O)C2CN(C(=O)OC(C)(C)C)CCC2c2ccc(OCc3cc(-c4c(F)ccc(F)c4Cl)no3)cc2)C2CC2)c(Cl)cn1. The lowest BCUT2D eigenvalue weighted by atomic mass is 9.79. The summed E-state index contributed by atoms with van der Waals surface area (Å²) in [6, 6.07) is 12.9. The van der Waals surface area contributed by atoms with Crippen molar-refractivity contribution >= 4 is 35.2 Å². The van der Waals surface area contributed by atoms with Crippen LogP contribution in [0.2, 0.25) is 10.0 Å². The third kappa shape index (κ3) is 9.69. The second-order valence-corrected chi connectivity index (χ2v) is 15.5. The summed E-state index contributed by atoms with van der Waals surface area (Å²) in [5.74, 6) is -1.46. The largest absolute Gasteiger partial charge is 0.486 e. The number of ether oxygens (including phenoxy) is 3. The predicted molar refractivity (Wildman–Crippen MR) is 199 cm³/mol. The number of aromatic nitrogens is 2. The van der Waals surface area contributed by atoms with Crippen LogP contribution in [0.25, 0.3) is 11.3 Å². The minimum absolute atomic E-state index is 0.0295. The number of amides is 2. The van der Waals surface area contributed by atoms with Gasteiger partial charge in [0.2, 0.25) is 5.91 Å². The fourth-order valence-electron chi connectivity index (χ4n) is 6.67. The lowest BCUT2D eigenvalue weighted by Gasteiger charge is -2.40. The molecule has 0 spiro atoms. The van der Waals surface area contributed by atoms with Crippen LogP contribution in [0.4, 0.5) is 13.6 Å². The molecule has 4 aromatic rings. The summed E-state index contributed by atoms with van der Waals surface area (Å²) in [5.41, 5.74) is 1.83. The van der Waals surface area contributed by atoms with Crippen LogP contribution in [0.1, 0.15) is 75.0 Å². The number of carbonyl (C=O) groups is 2. The molecule has 2 fully saturated rings. The smallest absolute Gasteiger partial charge is 0.410 e. The van der Waals surface area contributed by atoms with Crippen molar-refractivity contribution in [3.05, 3.63) is 99.0 Å². The van der Waals surface area contributed by atoms with Crippen LogP contribution in [0, 0.1) is 17.6 Å². The van der Waals surface area contributed by atoms with E-state index in [4.69, 9.17) is 41.9 Å². The molecule has 1 saturated carbocycles. The summed E-state index contributed by atoms with van der Waals surface area (Å²) in [5, 5.41) is 3.96. The summed E-state index contributed by atoms with van der Waals surface area (Å²) < 4.78 is 50.5. The number of aryl methyl sites for hydroxylation is 1. The summed E-state index contributed by atoms with van der Waals surface area (Å²) in [6.07, 6.45) is 5.08. The van der Waals surface area contributed by atoms with Crippen LogP contribution in [-0.4, -0.2) is 70.4 Å². The molecule has 0 radical (unpaired) electrons. The van der Waals surface area contributed by atoms with E-state index >= 15 is 0 Å². The molecular weight excluding hydrogens is 741 g/mol. The molecule has 288 valence electrons. The van der Waals surface area contributed by atoms with E-state index in [0.29, 0.717) is 36.9 Å². The van der Waals surface area contributed by atoms with Crippen LogP contribution in [0.3, 0.4) is 0 Å². The van der Waals surface area contributed by atoms with E-state index in [1.54, 1.807) is 30.3 Å². The van der Waals surface area contributed by atoms with Crippen molar-refractivity contribution < 1.29 is 37.1 Å². The minimum Gasteiger partial charge on any atom is -0.486 e. The number of hydrogen-bond acceptors (Lipinski definition) is 8. The van der Waals surface area contributed by atoms with Gasteiger partial charge in [0.25, 0.3) is 0 Å². The number of halogens is 4. The number of likely N-dealkylation sites (tertiary alicyclic amines) is 1. The first kappa shape index (κ1) is 39.4. The van der Waals surface area contributed by atoms with Crippen LogP contribution in [0.5, 0.6) is 5.75 Å². The quantitative estimate of drug-likeness (QED) is 0.0977. The normalized spacial score (nSPS) is 17.4. The highest BCUT2D eigenvalue weighted by molar-refractivity contribution is 6.33. The Kier molecular flexibility index (Phi) is 12.4. The zero-order valence-electron chi connectivity index (χ0n) is 30.7. The van der Waals surface area contributed by atoms with Crippen LogP contribution >= 0.6 is 23.2 Å². The minimum atomic E-state index is -0.769. The maximum Gasteiger partial charge on any atom is 0.410 e. The average Bonchev–Trinajstić information content (AvgIpc) is 3.88. The van der Waals surface area contributed by atoms with Gasteiger partial charge in [-0.2, -0.15) is 0 Å². The number of piperidine rings is 1. The molecule has 2 aromatic carbocycles. The molecule has 2 aliphatic rings. The maximum absolute atomic E-state index is 14.7. The Labute approximate surface area is 323 Å². The monoisotopic (exact) mass is 784 g/mol. The molecular formula is C40H44Cl2F2N4O6. The van der Waals surface area contributed by atoms with Gasteiger partial charge in [-0.05, 0) is 100 Å². The molecule has 1 aliphatic heterocycles. The zero-order valence-corrected chi connectivity index (χ0v) is 32.3. The molecule has 1 saturated heterocycles. The summed E-state index contributed by atoms with van der Waals surface area (Å²) >= 11 is 12.6. The van der Waals surface area contributed by atoms with E-state index in [9.17, 15) is 18.4 Å². The third-order valence-electron chi connectivity index (χ3n) is 9.51. The summed E-state index contributed by atoms with van der Waals surface area (Å²) in [7, 11) is 1.67. The van der Waals surface area contributed by atoms with Gasteiger partial charge < -0.3 is 28.5 Å². The van der Waals surface area contributed by atoms with Gasteiger partial charge in [0.1, 0.15) is 35.3 Å². The van der Waals surface area contributed by atoms with Gasteiger partial charge in [0, 0.05) is 57.3 Å². The maximum atomic E-state index is 14.7. The van der Waals surface area contributed by atoms with Crippen LogP contribution < -0.4 is 4.74 Å². The molecule has 3 heterocycles. The lowest BCUT2D eigenvalue weighted by molar-refractivity contribution is -0.139. The lowest BCUT2D eigenvalue weighted by Crippen LogP contribution is -2.51. The number of methoxy groups -OCH3 is 1. The Hall–Kier alpha value is -4.26. The molecule has 1 aliphatic carbocycles. The highest BCUT2D eigenvalue weighted by Gasteiger charge is 2.43. The Balaban J connectivity index is 1.19. The van der Waals surface area contributed by atoms with Gasteiger partial charge in [0.15, 0.2) is 5.76 Å². The van der Waals surface area contributed by atoms with E-state index in [2.05, 4.69) is 10.1 Å². The Morgan fingerprint density at radius 3 is 2.48 bits per heavy atom. The van der Waals surface area contributed by atoms with Crippen molar-refractivity contribution in [1.82, 2.24) is 19.9 Å². The Morgan fingerprint density at radius 2 is 1.78 bits per heavy atom. The van der Waals surface area contributed by atoms with Gasteiger partial charge in [0.05, 0.1) is 21.5 Å². The standard InChI is InChI=1S/C40H44Cl2F2N4O6/c1-40(2,3)53-39(50)47-16-15-30(31(22-47)38(49)48(27-9-10-27)21-25-18-26(6-5-17-51-4)45-20-32(25)41)24-7-11-28(12-8-24)52-23-29-19-35(46-54-29)36-33(43)13-14-34(44)37(36)42/h7-8,11-14,18-20,27,30-31H,5-6,9-10,15-17,21-23H2,1-4H3. The summed E-state index contributed by atoms with van der Waals surface area (Å²) in [4.78, 5) is 36.0. The molecule has 2 aromatic heterocycles. The van der Waals surface area contributed by atoms with Gasteiger partial charge in [-0.15, -0.1) is 0 Å². The number of rotatable bonds is 13. The van der Waals surface area contributed by atoms with E-state index in [0.717, 1.165) is 54.6 Å². The molecule has 2 atom stereocenters. The predicted octanol–water partition coefficient (Wildman–Crippen LogP) is 9.01. The molecule has 6 rings (SSSR count). The van der Waals surface area contributed by atoms with E-state index in [-0.39, 0.29) is 53.1 Å². The van der Waals surface area contributed by atoms with Crippen molar-refractivity contribution in [3.8, 4) is 17.0 Å².